The average Bonchev–Trinajstić information content (AvgIpc) is 3.27. The second kappa shape index (κ2) is 9.42. The lowest BCUT2D eigenvalue weighted by Crippen LogP contribution is -1.99. The smallest absolute Gasteiger partial charge is 0.203 e. The topological polar surface area (TPSA) is 69.9 Å². The lowest BCUT2D eigenvalue weighted by atomic mass is 10.1. The Hall–Kier alpha value is -2.37. The Balaban J connectivity index is 1.90. The molecule has 0 radical (unpaired) electrons. The quantitative estimate of drug-likeness (QED) is 0.615. The number of ether oxygens (including phenoxy) is 5. The van der Waals surface area contributed by atoms with Gasteiger partial charge in [0, 0.05) is 11.0 Å². The van der Waals surface area contributed by atoms with Crippen molar-refractivity contribution in [3.8, 4) is 34.8 Å². The van der Waals surface area contributed by atoms with Crippen molar-refractivity contribution in [1.82, 2.24) is 0 Å². The van der Waals surface area contributed by atoms with Crippen molar-refractivity contribution >= 4 is 23.5 Å². The third kappa shape index (κ3) is 4.16. The summed E-state index contributed by atoms with van der Waals surface area (Å²) >= 11 is 3.66. The summed E-state index contributed by atoms with van der Waals surface area (Å²) in [5, 5.41) is 9.74. The molecule has 6 nitrogen and oxygen atoms in total. The minimum atomic E-state index is 0.172. The molecule has 2 aromatic rings. The standard InChI is InChI=1S/C21H23NO5S2/c1-23-15-9-13(6-14(10-22)19(15)26-4)21-28-11-18(29-21)12-7-16(24-2)20(27-5)17(8-12)25-3/h6-9,18,21H,11H2,1-5H3. The Bertz CT molecular complexity index is 903. The van der Waals surface area contributed by atoms with Crippen LogP contribution in [0.4, 0.5) is 0 Å². The largest absolute Gasteiger partial charge is 0.493 e. The van der Waals surface area contributed by atoms with Gasteiger partial charge in [-0.25, -0.2) is 0 Å². The molecular weight excluding hydrogens is 410 g/mol. The second-order valence-electron chi connectivity index (χ2n) is 6.16. The lowest BCUT2D eigenvalue weighted by molar-refractivity contribution is 0.324. The zero-order valence-electron chi connectivity index (χ0n) is 17.0. The lowest BCUT2D eigenvalue weighted by Gasteiger charge is -2.17. The predicted molar refractivity (Wildman–Crippen MR) is 116 cm³/mol. The summed E-state index contributed by atoms with van der Waals surface area (Å²) in [5.74, 6) is 3.84. The van der Waals surface area contributed by atoms with Crippen molar-refractivity contribution in [2.75, 3.05) is 41.3 Å². The van der Waals surface area contributed by atoms with Crippen molar-refractivity contribution < 1.29 is 23.7 Å². The molecule has 2 aromatic carbocycles. The van der Waals surface area contributed by atoms with E-state index < -0.39 is 0 Å². The van der Waals surface area contributed by atoms with Gasteiger partial charge in [0.05, 0.1) is 45.7 Å². The van der Waals surface area contributed by atoms with Crippen molar-refractivity contribution in [2.24, 2.45) is 0 Å². The van der Waals surface area contributed by atoms with Crippen LogP contribution in [-0.2, 0) is 0 Å². The molecule has 3 rings (SSSR count). The Morgan fingerprint density at radius 2 is 1.34 bits per heavy atom. The van der Waals surface area contributed by atoms with E-state index in [-0.39, 0.29) is 9.83 Å². The summed E-state index contributed by atoms with van der Waals surface area (Å²) in [5.41, 5.74) is 2.61. The minimum absolute atomic E-state index is 0.172. The van der Waals surface area contributed by atoms with Crippen LogP contribution in [-0.4, -0.2) is 41.3 Å². The summed E-state index contributed by atoms with van der Waals surface area (Å²) in [4.78, 5) is 0. The fraction of sp³-hybridized carbons (Fsp3) is 0.381. The van der Waals surface area contributed by atoms with E-state index in [9.17, 15) is 5.26 Å². The molecule has 0 aromatic heterocycles. The molecule has 2 atom stereocenters. The van der Waals surface area contributed by atoms with E-state index in [1.807, 2.05) is 47.8 Å². The molecule has 1 heterocycles. The molecule has 2 unspecified atom stereocenters. The maximum atomic E-state index is 9.49. The molecule has 0 amide bonds. The van der Waals surface area contributed by atoms with E-state index in [4.69, 9.17) is 23.7 Å². The third-order valence-electron chi connectivity index (χ3n) is 4.64. The van der Waals surface area contributed by atoms with Crippen LogP contribution in [0, 0.1) is 11.3 Å². The zero-order chi connectivity index (χ0) is 21.0. The molecule has 1 fully saturated rings. The van der Waals surface area contributed by atoms with Crippen LogP contribution in [0.15, 0.2) is 24.3 Å². The SMILES string of the molecule is COc1cc(C2SCC(c3cc(OC)c(OC)c(OC)c3)S2)cc(C#N)c1OC. The van der Waals surface area contributed by atoms with Crippen molar-refractivity contribution in [3.05, 3.63) is 41.0 Å². The molecule has 0 saturated carbocycles. The first-order chi connectivity index (χ1) is 14.1. The highest BCUT2D eigenvalue weighted by Gasteiger charge is 2.31. The maximum Gasteiger partial charge on any atom is 0.203 e. The Kier molecular flexibility index (Phi) is 6.93. The van der Waals surface area contributed by atoms with Gasteiger partial charge < -0.3 is 23.7 Å². The van der Waals surface area contributed by atoms with Crippen LogP contribution in [0.1, 0.15) is 26.5 Å². The first-order valence-electron chi connectivity index (χ1n) is 8.83. The number of hydrogen-bond acceptors (Lipinski definition) is 8. The van der Waals surface area contributed by atoms with E-state index in [0.717, 1.165) is 16.9 Å². The number of nitriles is 1. The van der Waals surface area contributed by atoms with Crippen LogP contribution < -0.4 is 23.7 Å². The van der Waals surface area contributed by atoms with Gasteiger partial charge in [0.2, 0.25) is 5.75 Å². The summed E-state index contributed by atoms with van der Waals surface area (Å²) in [6.45, 7) is 0. The van der Waals surface area contributed by atoms with Gasteiger partial charge in [0.1, 0.15) is 6.07 Å². The fourth-order valence-corrected chi connectivity index (χ4v) is 6.50. The molecule has 1 aliphatic rings. The minimum Gasteiger partial charge on any atom is -0.493 e. The zero-order valence-corrected chi connectivity index (χ0v) is 18.6. The number of benzene rings is 2. The molecule has 1 saturated heterocycles. The van der Waals surface area contributed by atoms with Gasteiger partial charge in [-0.05, 0) is 35.4 Å². The van der Waals surface area contributed by atoms with Gasteiger partial charge in [-0.15, -0.1) is 23.5 Å². The molecule has 8 heteroatoms. The van der Waals surface area contributed by atoms with Gasteiger partial charge in [0.25, 0.3) is 0 Å². The molecule has 0 bridgehead atoms. The van der Waals surface area contributed by atoms with Crippen molar-refractivity contribution in [1.29, 1.82) is 5.26 Å². The van der Waals surface area contributed by atoms with Crippen LogP contribution >= 0.6 is 23.5 Å². The Morgan fingerprint density at radius 1 is 0.793 bits per heavy atom. The first-order valence-corrected chi connectivity index (χ1v) is 10.8. The van der Waals surface area contributed by atoms with Gasteiger partial charge in [-0.3, -0.25) is 0 Å². The van der Waals surface area contributed by atoms with Gasteiger partial charge in [-0.1, -0.05) is 0 Å². The molecule has 154 valence electrons. The van der Waals surface area contributed by atoms with E-state index in [0.29, 0.717) is 34.3 Å². The van der Waals surface area contributed by atoms with Crippen LogP contribution in [0.3, 0.4) is 0 Å². The third-order valence-corrected chi connectivity index (χ3v) is 7.98. The Labute approximate surface area is 179 Å². The van der Waals surface area contributed by atoms with Crippen LogP contribution in [0.5, 0.6) is 28.7 Å². The van der Waals surface area contributed by atoms with E-state index in [2.05, 4.69) is 6.07 Å². The highest BCUT2D eigenvalue weighted by Crippen LogP contribution is 2.57. The highest BCUT2D eigenvalue weighted by atomic mass is 32.2. The van der Waals surface area contributed by atoms with E-state index in [1.165, 1.54) is 7.11 Å². The monoisotopic (exact) mass is 433 g/mol. The van der Waals surface area contributed by atoms with E-state index >= 15 is 0 Å². The molecule has 0 aliphatic carbocycles. The molecule has 1 aliphatic heterocycles. The van der Waals surface area contributed by atoms with Gasteiger partial charge >= 0.3 is 0 Å². The fourth-order valence-electron chi connectivity index (χ4n) is 3.24. The number of thioether (sulfide) groups is 2. The number of nitrogens with zero attached hydrogens (tertiary/aromatic N) is 1. The molecule has 0 N–H and O–H groups in total. The summed E-state index contributed by atoms with van der Waals surface area (Å²) in [6, 6.07) is 10.0. The summed E-state index contributed by atoms with van der Waals surface area (Å²) < 4.78 is 27.3. The molecule has 0 spiro atoms. The summed E-state index contributed by atoms with van der Waals surface area (Å²) in [6.07, 6.45) is 0. The van der Waals surface area contributed by atoms with E-state index in [1.54, 1.807) is 28.4 Å². The van der Waals surface area contributed by atoms with Gasteiger partial charge in [-0.2, -0.15) is 5.26 Å². The predicted octanol–water partition coefficient (Wildman–Crippen LogP) is 4.82. The maximum absolute atomic E-state index is 9.49. The van der Waals surface area contributed by atoms with Crippen molar-refractivity contribution in [2.45, 2.75) is 9.83 Å². The van der Waals surface area contributed by atoms with Crippen LogP contribution in [0.25, 0.3) is 0 Å². The first kappa shape index (κ1) is 21.3. The number of rotatable bonds is 7. The average molecular weight is 434 g/mol. The summed E-state index contributed by atoms with van der Waals surface area (Å²) in [7, 11) is 7.95. The Morgan fingerprint density at radius 3 is 1.86 bits per heavy atom. The normalized spacial score (nSPS) is 18.1. The van der Waals surface area contributed by atoms with Crippen LogP contribution in [0.2, 0.25) is 0 Å². The second-order valence-corrected chi connectivity index (χ2v) is 8.91. The highest BCUT2D eigenvalue weighted by molar-refractivity contribution is 8.19. The number of hydrogen-bond donors (Lipinski definition) is 0. The molecule has 29 heavy (non-hydrogen) atoms. The van der Waals surface area contributed by atoms with Crippen molar-refractivity contribution in [3.63, 3.8) is 0 Å². The van der Waals surface area contributed by atoms with Gasteiger partial charge in [0.15, 0.2) is 23.0 Å². The number of methoxy groups -OCH3 is 5. The molecular formula is C21H23NO5S2.